The summed E-state index contributed by atoms with van der Waals surface area (Å²) in [5, 5.41) is 9.88. The van der Waals surface area contributed by atoms with Crippen LogP contribution >= 0.6 is 0 Å². The van der Waals surface area contributed by atoms with Gasteiger partial charge in [-0.05, 0) is 30.7 Å². The second-order valence-electron chi connectivity index (χ2n) is 4.33. The third kappa shape index (κ3) is 1.56. The molecule has 0 aliphatic heterocycles. The third-order valence-corrected chi connectivity index (χ3v) is 3.19. The van der Waals surface area contributed by atoms with Crippen molar-refractivity contribution in [3.05, 3.63) is 64.4 Å². The number of aryl methyl sites for hydroxylation is 1. The fourth-order valence-electron chi connectivity index (χ4n) is 2.27. The minimum absolute atomic E-state index is 0.175. The third-order valence-electron chi connectivity index (χ3n) is 3.19. The fraction of sp³-hybridized carbons (Fsp3) is 0.0667. The van der Waals surface area contributed by atoms with Crippen molar-refractivity contribution in [2.75, 3.05) is 0 Å². The number of para-hydroxylation sites is 2. The predicted octanol–water partition coefficient (Wildman–Crippen LogP) is 2.43. The molecule has 3 aromatic rings. The van der Waals surface area contributed by atoms with Crippen LogP contribution in [0.5, 0.6) is 0 Å². The predicted molar refractivity (Wildman–Crippen MR) is 73.3 cm³/mol. The fourth-order valence-corrected chi connectivity index (χ4v) is 2.27. The van der Waals surface area contributed by atoms with Crippen LogP contribution in [0.25, 0.3) is 16.6 Å². The molecule has 0 bridgehead atoms. The normalized spacial score (nSPS) is 10.5. The number of hydrogen-bond donors (Lipinski definition) is 0. The van der Waals surface area contributed by atoms with Crippen molar-refractivity contribution in [3.8, 4) is 11.9 Å². The molecule has 0 saturated carbocycles. The maximum absolute atomic E-state index is 12.5. The van der Waals surface area contributed by atoms with E-state index in [4.69, 9.17) is 0 Å². The molecule has 1 heterocycles. The first-order chi connectivity index (χ1) is 9.24. The summed E-state index contributed by atoms with van der Waals surface area (Å²) in [6.07, 6.45) is 2.06. The molecule has 0 fully saturated rings. The highest BCUT2D eigenvalue weighted by molar-refractivity contribution is 5.80. The van der Waals surface area contributed by atoms with Gasteiger partial charge < -0.3 is 0 Å². The van der Waals surface area contributed by atoms with Gasteiger partial charge in [0.2, 0.25) is 6.19 Å². The number of nitriles is 1. The quantitative estimate of drug-likeness (QED) is 0.665. The number of fused-ring (bicyclic) bond motifs is 1. The lowest BCUT2D eigenvalue weighted by atomic mass is 10.2. The highest BCUT2D eigenvalue weighted by Gasteiger charge is 2.14. The molecule has 0 radical (unpaired) electrons. The zero-order chi connectivity index (χ0) is 13.4. The van der Waals surface area contributed by atoms with Gasteiger partial charge in [0.15, 0.2) is 0 Å². The van der Waals surface area contributed by atoms with Crippen molar-refractivity contribution in [3.63, 3.8) is 0 Å². The molecule has 0 atom stereocenters. The van der Waals surface area contributed by atoms with Crippen LogP contribution in [0.15, 0.2) is 53.3 Å². The molecule has 19 heavy (non-hydrogen) atoms. The minimum Gasteiger partial charge on any atom is -0.267 e. The summed E-state index contributed by atoms with van der Waals surface area (Å²) in [6, 6.07) is 14.6. The van der Waals surface area contributed by atoms with Crippen LogP contribution in [0, 0.1) is 18.4 Å². The Morgan fingerprint density at radius 1 is 1.05 bits per heavy atom. The van der Waals surface area contributed by atoms with Crippen LogP contribution < -0.4 is 5.56 Å². The van der Waals surface area contributed by atoms with Crippen LogP contribution in [0.1, 0.15) is 5.56 Å². The van der Waals surface area contributed by atoms with Gasteiger partial charge in [0.1, 0.15) is 0 Å². The van der Waals surface area contributed by atoms with Gasteiger partial charge in [-0.2, -0.15) is 9.94 Å². The van der Waals surface area contributed by atoms with Gasteiger partial charge in [0, 0.05) is 0 Å². The average Bonchev–Trinajstić information content (AvgIpc) is 2.73. The molecule has 0 spiro atoms. The Morgan fingerprint density at radius 3 is 2.47 bits per heavy atom. The molecule has 0 saturated heterocycles. The molecular weight excluding hydrogens is 238 g/mol. The first-order valence-corrected chi connectivity index (χ1v) is 5.93. The molecule has 1 aromatic heterocycles. The van der Waals surface area contributed by atoms with Crippen LogP contribution in [-0.4, -0.2) is 9.36 Å². The van der Waals surface area contributed by atoms with Crippen molar-refractivity contribution in [2.24, 2.45) is 0 Å². The standard InChI is InChI=1S/C15H11N3O/c1-11-6-2-4-8-13(11)18-15(19)12-7-3-5-9-14(12)17(18)10-16/h2-9H,1H3. The van der Waals surface area contributed by atoms with E-state index in [2.05, 4.69) is 6.19 Å². The summed E-state index contributed by atoms with van der Waals surface area (Å²) < 4.78 is 2.75. The van der Waals surface area contributed by atoms with E-state index in [9.17, 15) is 10.1 Å². The monoisotopic (exact) mass is 249 g/mol. The van der Waals surface area contributed by atoms with Gasteiger partial charge >= 0.3 is 0 Å². The van der Waals surface area contributed by atoms with E-state index in [1.165, 1.54) is 9.36 Å². The summed E-state index contributed by atoms with van der Waals surface area (Å²) >= 11 is 0. The van der Waals surface area contributed by atoms with Crippen molar-refractivity contribution < 1.29 is 0 Å². The van der Waals surface area contributed by atoms with Gasteiger partial charge in [0.05, 0.1) is 16.6 Å². The largest absolute Gasteiger partial charge is 0.280 e. The summed E-state index contributed by atoms with van der Waals surface area (Å²) in [7, 11) is 0. The molecular formula is C15H11N3O. The number of nitrogens with zero attached hydrogens (tertiary/aromatic N) is 3. The van der Waals surface area contributed by atoms with E-state index in [0.717, 1.165) is 11.3 Å². The number of rotatable bonds is 1. The Labute approximate surface area is 109 Å². The van der Waals surface area contributed by atoms with Crippen LogP contribution in [-0.2, 0) is 0 Å². The Morgan fingerprint density at radius 2 is 1.74 bits per heavy atom. The lowest BCUT2D eigenvalue weighted by Crippen LogP contribution is -2.20. The zero-order valence-corrected chi connectivity index (χ0v) is 10.4. The van der Waals surface area contributed by atoms with Gasteiger partial charge in [-0.1, -0.05) is 30.3 Å². The number of aromatic nitrogens is 2. The highest BCUT2D eigenvalue weighted by atomic mass is 16.1. The SMILES string of the molecule is Cc1ccccc1-n1c(=O)c2ccccc2n1C#N. The number of benzene rings is 2. The summed E-state index contributed by atoms with van der Waals surface area (Å²) in [5.41, 5.74) is 2.12. The molecule has 3 rings (SSSR count). The van der Waals surface area contributed by atoms with Gasteiger partial charge in [-0.3, -0.25) is 4.79 Å². The lowest BCUT2D eigenvalue weighted by Gasteiger charge is -2.07. The maximum Gasteiger partial charge on any atom is 0.280 e. The molecule has 4 heteroatoms. The number of hydrogen-bond acceptors (Lipinski definition) is 2. The topological polar surface area (TPSA) is 50.7 Å². The second-order valence-corrected chi connectivity index (χ2v) is 4.33. The summed E-state index contributed by atoms with van der Waals surface area (Å²) in [4.78, 5) is 12.5. The molecule has 4 nitrogen and oxygen atoms in total. The second kappa shape index (κ2) is 4.14. The van der Waals surface area contributed by atoms with Gasteiger partial charge in [-0.15, -0.1) is 0 Å². The summed E-state index contributed by atoms with van der Waals surface area (Å²) in [6.45, 7) is 1.92. The van der Waals surface area contributed by atoms with Crippen molar-refractivity contribution >= 4 is 10.9 Å². The molecule has 92 valence electrons. The average molecular weight is 249 g/mol. The van der Waals surface area contributed by atoms with Crippen LogP contribution in [0.4, 0.5) is 0 Å². The smallest absolute Gasteiger partial charge is 0.267 e. The van der Waals surface area contributed by atoms with Crippen molar-refractivity contribution in [1.29, 1.82) is 5.26 Å². The molecule has 0 unspecified atom stereocenters. The van der Waals surface area contributed by atoms with E-state index < -0.39 is 0 Å². The van der Waals surface area contributed by atoms with Gasteiger partial charge in [-0.25, -0.2) is 4.68 Å². The Kier molecular flexibility index (Phi) is 2.46. The first-order valence-electron chi connectivity index (χ1n) is 5.93. The van der Waals surface area contributed by atoms with E-state index >= 15 is 0 Å². The molecule has 0 aliphatic carbocycles. The van der Waals surface area contributed by atoms with E-state index in [0.29, 0.717) is 10.9 Å². The maximum atomic E-state index is 12.5. The Bertz CT molecular complexity index is 865. The Balaban J connectivity index is 2.50. The molecule has 0 N–H and O–H groups in total. The van der Waals surface area contributed by atoms with Crippen LogP contribution in [0.2, 0.25) is 0 Å². The van der Waals surface area contributed by atoms with Gasteiger partial charge in [0.25, 0.3) is 5.56 Å². The van der Waals surface area contributed by atoms with E-state index in [-0.39, 0.29) is 5.56 Å². The van der Waals surface area contributed by atoms with Crippen molar-refractivity contribution in [1.82, 2.24) is 9.36 Å². The van der Waals surface area contributed by atoms with E-state index in [1.807, 2.05) is 37.3 Å². The first kappa shape index (κ1) is 11.3. The highest BCUT2D eigenvalue weighted by Crippen LogP contribution is 2.16. The Hall–Kier alpha value is -2.80. The molecule has 2 aromatic carbocycles. The molecule has 0 aliphatic rings. The zero-order valence-electron chi connectivity index (χ0n) is 10.4. The molecule has 0 amide bonds. The lowest BCUT2D eigenvalue weighted by molar-refractivity contribution is 0.749. The van der Waals surface area contributed by atoms with Crippen LogP contribution in [0.3, 0.4) is 0 Å². The van der Waals surface area contributed by atoms with E-state index in [1.54, 1.807) is 18.2 Å². The summed E-state index contributed by atoms with van der Waals surface area (Å²) in [5.74, 6) is 0. The van der Waals surface area contributed by atoms with Crippen molar-refractivity contribution in [2.45, 2.75) is 6.92 Å². The minimum atomic E-state index is -0.175.